The molecule has 0 amide bonds. The lowest BCUT2D eigenvalue weighted by molar-refractivity contribution is 0.748. The average molecular weight is 887 g/mol. The van der Waals surface area contributed by atoms with Crippen molar-refractivity contribution < 1.29 is 0 Å². The van der Waals surface area contributed by atoms with Crippen molar-refractivity contribution in [1.82, 2.24) is 4.57 Å². The second-order valence-corrected chi connectivity index (χ2v) is 19.4. The van der Waals surface area contributed by atoms with Crippen LogP contribution in [0.5, 0.6) is 0 Å². The van der Waals surface area contributed by atoms with Gasteiger partial charge in [0, 0.05) is 27.7 Å². The topological polar surface area (TPSA) is 8.17 Å². The van der Waals surface area contributed by atoms with Crippen molar-refractivity contribution >= 4 is 38.9 Å². The Kier molecular flexibility index (Phi) is 7.51. The number of nitrogens with zero attached hydrogens (tertiary/aromatic N) is 2. The molecule has 2 heterocycles. The smallest absolute Gasteiger partial charge is 0.0755 e. The van der Waals surface area contributed by atoms with Crippen LogP contribution in [0.25, 0.3) is 72.0 Å². The molecule has 1 unspecified atom stereocenters. The van der Waals surface area contributed by atoms with Crippen LogP contribution in [0.4, 0.5) is 17.1 Å². The van der Waals surface area contributed by atoms with Crippen LogP contribution in [0.1, 0.15) is 44.5 Å². The molecule has 70 heavy (non-hydrogen) atoms. The molecule has 0 saturated heterocycles. The largest absolute Gasteiger partial charge is 0.310 e. The van der Waals surface area contributed by atoms with Crippen molar-refractivity contribution in [3.63, 3.8) is 0 Å². The molecule has 0 saturated carbocycles. The molecule has 0 fully saturated rings. The minimum absolute atomic E-state index is 0.473. The Morgan fingerprint density at radius 3 is 1.54 bits per heavy atom. The molecule has 0 radical (unpaired) electrons. The Morgan fingerprint density at radius 1 is 0.300 bits per heavy atom. The second-order valence-electron chi connectivity index (χ2n) is 19.4. The van der Waals surface area contributed by atoms with Crippen LogP contribution < -0.4 is 4.90 Å². The lowest BCUT2D eigenvalue weighted by atomic mass is 9.65. The summed E-state index contributed by atoms with van der Waals surface area (Å²) in [6, 6.07) is 96.1. The number of anilines is 3. The van der Waals surface area contributed by atoms with Crippen LogP contribution in [0.3, 0.4) is 0 Å². The Bertz CT molecular complexity index is 4170. The van der Waals surface area contributed by atoms with Crippen LogP contribution in [-0.2, 0) is 10.8 Å². The third-order valence-corrected chi connectivity index (χ3v) is 16.4. The van der Waals surface area contributed by atoms with Gasteiger partial charge in [-0.2, -0.15) is 0 Å². The first-order valence-corrected chi connectivity index (χ1v) is 24.5. The zero-order valence-electron chi connectivity index (χ0n) is 38.1. The summed E-state index contributed by atoms with van der Waals surface area (Å²) in [5.74, 6) is 0. The fourth-order valence-corrected chi connectivity index (χ4v) is 13.9. The van der Waals surface area contributed by atoms with E-state index in [2.05, 4.69) is 264 Å². The van der Waals surface area contributed by atoms with E-state index in [9.17, 15) is 0 Å². The summed E-state index contributed by atoms with van der Waals surface area (Å²) < 4.78 is 2.53. The average Bonchev–Trinajstić information content (AvgIpc) is 4.13. The summed E-state index contributed by atoms with van der Waals surface area (Å²) in [4.78, 5) is 2.57. The molecule has 1 aromatic heterocycles. The molecular formula is C68H42N2. The molecule has 12 aromatic rings. The van der Waals surface area contributed by atoms with Gasteiger partial charge >= 0.3 is 0 Å². The second kappa shape index (κ2) is 13.8. The highest BCUT2D eigenvalue weighted by molar-refractivity contribution is 6.13. The Balaban J connectivity index is 1.01. The van der Waals surface area contributed by atoms with E-state index in [0.29, 0.717) is 0 Å². The molecule has 2 spiro atoms. The van der Waals surface area contributed by atoms with Gasteiger partial charge in [-0.25, -0.2) is 0 Å². The maximum atomic E-state index is 2.57. The van der Waals surface area contributed by atoms with E-state index in [1.165, 1.54) is 117 Å². The molecule has 3 aliphatic carbocycles. The van der Waals surface area contributed by atoms with Crippen molar-refractivity contribution in [2.45, 2.75) is 10.8 Å². The van der Waals surface area contributed by atoms with Crippen LogP contribution in [-0.4, -0.2) is 4.57 Å². The van der Waals surface area contributed by atoms with Gasteiger partial charge in [-0.05, 0) is 126 Å². The summed E-state index contributed by atoms with van der Waals surface area (Å²) in [7, 11) is 0. The number of fused-ring (bicyclic) bond motifs is 22. The first kappa shape index (κ1) is 38.0. The van der Waals surface area contributed by atoms with Crippen molar-refractivity contribution in [3.05, 3.63) is 299 Å². The molecule has 1 atom stereocenters. The number of aromatic nitrogens is 1. The van der Waals surface area contributed by atoms with Gasteiger partial charge in [0.1, 0.15) is 0 Å². The Hall–Kier alpha value is -8.98. The highest BCUT2D eigenvalue weighted by Gasteiger charge is 2.54. The molecule has 16 rings (SSSR count). The number of benzene rings is 11. The number of para-hydroxylation sites is 3. The summed E-state index contributed by atoms with van der Waals surface area (Å²) in [6.07, 6.45) is 0. The standard InChI is InChI=1S/C68H42N2/c1-2-19-43(20-3-1)44-21-16-22-45(41-44)69(64-38-18-34-59-65(64)53-27-7-12-32-57(53)67(59)54-29-9-4-23-47(54)48-24-5-10-30-55(48)67)46-39-40-50-49-25-6-11-31-56(49)68(61(50)42-46)58-33-13-15-37-63(58)70-62-36-14-8-26-51(62)52-28-17-35-60(68)66(52)70/h1-42H. The molecule has 11 aromatic carbocycles. The molecule has 1 aliphatic heterocycles. The lowest BCUT2D eigenvalue weighted by Gasteiger charge is -2.40. The molecule has 2 nitrogen and oxygen atoms in total. The molecular weight excluding hydrogens is 845 g/mol. The molecule has 4 aliphatic rings. The van der Waals surface area contributed by atoms with Gasteiger partial charge in [-0.3, -0.25) is 0 Å². The third kappa shape index (κ3) is 4.59. The maximum absolute atomic E-state index is 2.57. The van der Waals surface area contributed by atoms with E-state index >= 15 is 0 Å². The van der Waals surface area contributed by atoms with Gasteiger partial charge in [0.2, 0.25) is 0 Å². The first-order chi connectivity index (χ1) is 34.8. The Morgan fingerprint density at radius 2 is 0.800 bits per heavy atom. The van der Waals surface area contributed by atoms with E-state index in [-0.39, 0.29) is 0 Å². The van der Waals surface area contributed by atoms with E-state index < -0.39 is 10.8 Å². The van der Waals surface area contributed by atoms with E-state index in [0.717, 1.165) is 17.1 Å². The predicted molar refractivity (Wildman–Crippen MR) is 288 cm³/mol. The fourth-order valence-electron chi connectivity index (χ4n) is 13.9. The quantitative estimate of drug-likeness (QED) is 0.171. The molecule has 0 bridgehead atoms. The Labute approximate surface area is 406 Å². The van der Waals surface area contributed by atoms with E-state index in [4.69, 9.17) is 0 Å². The lowest BCUT2D eigenvalue weighted by Crippen LogP contribution is -2.33. The minimum atomic E-state index is -0.591. The predicted octanol–water partition coefficient (Wildman–Crippen LogP) is 16.9. The van der Waals surface area contributed by atoms with Crippen LogP contribution >= 0.6 is 0 Å². The van der Waals surface area contributed by atoms with E-state index in [1.54, 1.807) is 0 Å². The van der Waals surface area contributed by atoms with Crippen molar-refractivity contribution in [2.75, 3.05) is 4.90 Å². The van der Waals surface area contributed by atoms with Crippen molar-refractivity contribution in [3.8, 4) is 50.2 Å². The highest BCUT2D eigenvalue weighted by Crippen LogP contribution is 2.66. The number of rotatable bonds is 4. The van der Waals surface area contributed by atoms with Crippen LogP contribution in [0, 0.1) is 0 Å². The van der Waals surface area contributed by atoms with Crippen LogP contribution in [0.2, 0.25) is 0 Å². The zero-order chi connectivity index (χ0) is 45.7. The summed E-state index contributed by atoms with van der Waals surface area (Å²) in [6.45, 7) is 0. The normalized spacial score (nSPS) is 15.6. The first-order valence-electron chi connectivity index (χ1n) is 24.5. The molecule has 2 heteroatoms. The maximum Gasteiger partial charge on any atom is 0.0755 e. The van der Waals surface area contributed by atoms with Crippen LogP contribution in [0.15, 0.2) is 255 Å². The molecule has 324 valence electrons. The zero-order valence-corrected chi connectivity index (χ0v) is 38.1. The summed E-state index contributed by atoms with van der Waals surface area (Å²) in [5, 5.41) is 2.56. The van der Waals surface area contributed by atoms with Gasteiger partial charge in [0.25, 0.3) is 0 Å². The van der Waals surface area contributed by atoms with Gasteiger partial charge < -0.3 is 9.47 Å². The van der Waals surface area contributed by atoms with Gasteiger partial charge in [0.05, 0.1) is 33.2 Å². The summed E-state index contributed by atoms with van der Waals surface area (Å²) >= 11 is 0. The monoisotopic (exact) mass is 886 g/mol. The number of hydrogen-bond donors (Lipinski definition) is 0. The van der Waals surface area contributed by atoms with Crippen molar-refractivity contribution in [1.29, 1.82) is 0 Å². The van der Waals surface area contributed by atoms with E-state index in [1.807, 2.05) is 0 Å². The van der Waals surface area contributed by atoms with Gasteiger partial charge in [-0.1, -0.05) is 212 Å². The highest BCUT2D eigenvalue weighted by atomic mass is 15.1. The van der Waals surface area contributed by atoms with Gasteiger partial charge in [-0.15, -0.1) is 0 Å². The molecule has 0 N–H and O–H groups in total. The third-order valence-electron chi connectivity index (χ3n) is 16.4. The summed E-state index contributed by atoms with van der Waals surface area (Å²) in [5.41, 5.74) is 26.7. The fraction of sp³-hybridized carbons (Fsp3) is 0.0294. The van der Waals surface area contributed by atoms with Gasteiger partial charge in [0.15, 0.2) is 0 Å². The number of hydrogen-bond acceptors (Lipinski definition) is 1. The minimum Gasteiger partial charge on any atom is -0.310 e. The SMILES string of the molecule is c1ccc(-c2cccc(N(c3ccc4c(c3)C3(c5ccccc5-4)c4ccccc4-n4c5ccccc5c5cccc3c54)c3cccc4c3-c3ccccc3C43c4ccccc4-c4ccccc43)c2)cc1. The van der Waals surface area contributed by atoms with Crippen molar-refractivity contribution in [2.24, 2.45) is 0 Å².